The van der Waals surface area contributed by atoms with Gasteiger partial charge in [-0.15, -0.1) is 0 Å². The van der Waals surface area contributed by atoms with Gasteiger partial charge in [0.2, 0.25) is 0 Å². The maximum absolute atomic E-state index is 12.4. The van der Waals surface area contributed by atoms with Crippen molar-refractivity contribution >= 4 is 5.97 Å². The Bertz CT molecular complexity index is 450. The topological polar surface area (TPSA) is 50.2 Å². The van der Waals surface area contributed by atoms with Crippen molar-refractivity contribution in [1.82, 2.24) is 4.98 Å². The number of carboxylic acids is 1. The summed E-state index contributed by atoms with van der Waals surface area (Å²) in [5.74, 6) is -2.11. The molecule has 1 N–H and O–H groups in total. The predicted molar refractivity (Wildman–Crippen MR) is 41.2 cm³/mol. The molecule has 0 unspecified atom stereocenters. The highest BCUT2D eigenvalue weighted by molar-refractivity contribution is 5.89. The van der Waals surface area contributed by atoms with Crippen LogP contribution in [0.15, 0.2) is 12.3 Å². The molecule has 1 aromatic rings. The van der Waals surface area contributed by atoms with E-state index in [0.717, 1.165) is 0 Å². The quantitative estimate of drug-likeness (QED) is 0.789. The molecule has 0 saturated carbocycles. The third-order valence-electron chi connectivity index (χ3n) is 1.73. The Balaban J connectivity index is 3.64. The standard InChI is InChI=1S/C8H3F6NO2/c9-7(10,11)4-3(6(16)17)1-2-15-5(4)8(12,13)14/h1-2H,(H,16,17). The van der Waals surface area contributed by atoms with Crippen molar-refractivity contribution in [2.24, 2.45) is 0 Å². The molecule has 0 atom stereocenters. The fourth-order valence-corrected chi connectivity index (χ4v) is 1.14. The molecule has 0 radical (unpaired) electrons. The van der Waals surface area contributed by atoms with Crippen molar-refractivity contribution in [2.75, 3.05) is 0 Å². The minimum Gasteiger partial charge on any atom is -0.478 e. The van der Waals surface area contributed by atoms with Gasteiger partial charge in [-0.1, -0.05) is 0 Å². The first-order chi connectivity index (χ1) is 7.55. The van der Waals surface area contributed by atoms with E-state index in [2.05, 4.69) is 4.98 Å². The molecule has 17 heavy (non-hydrogen) atoms. The number of aromatic nitrogens is 1. The summed E-state index contributed by atoms with van der Waals surface area (Å²) in [6.07, 6.45) is -10.5. The fraction of sp³-hybridized carbons (Fsp3) is 0.250. The van der Waals surface area contributed by atoms with Crippen LogP contribution in [0.2, 0.25) is 0 Å². The normalized spacial score (nSPS) is 12.6. The van der Waals surface area contributed by atoms with Crippen LogP contribution in [0.1, 0.15) is 21.6 Å². The van der Waals surface area contributed by atoms with Crippen LogP contribution in [0.5, 0.6) is 0 Å². The van der Waals surface area contributed by atoms with E-state index in [1.165, 1.54) is 0 Å². The summed E-state index contributed by atoms with van der Waals surface area (Å²) >= 11 is 0. The van der Waals surface area contributed by atoms with Gasteiger partial charge in [0.05, 0.1) is 5.56 Å². The molecule has 0 spiro atoms. The monoisotopic (exact) mass is 259 g/mol. The Hall–Kier alpha value is -1.80. The van der Waals surface area contributed by atoms with Crippen molar-refractivity contribution in [2.45, 2.75) is 12.4 Å². The number of rotatable bonds is 1. The average Bonchev–Trinajstić information content (AvgIpc) is 2.13. The Labute approximate surface area is 89.7 Å². The molecule has 0 amide bonds. The van der Waals surface area contributed by atoms with Crippen LogP contribution in [0.3, 0.4) is 0 Å². The van der Waals surface area contributed by atoms with Crippen molar-refractivity contribution in [1.29, 1.82) is 0 Å². The summed E-state index contributed by atoms with van der Waals surface area (Å²) in [4.78, 5) is 13.0. The van der Waals surface area contributed by atoms with Gasteiger partial charge in [-0.3, -0.25) is 4.98 Å². The van der Waals surface area contributed by atoms with Gasteiger partial charge in [-0.25, -0.2) is 4.79 Å². The van der Waals surface area contributed by atoms with Crippen LogP contribution in [-0.2, 0) is 12.4 Å². The number of carboxylic acid groups (broad SMARTS) is 1. The first-order valence-corrected chi connectivity index (χ1v) is 3.92. The first-order valence-electron chi connectivity index (χ1n) is 3.92. The Morgan fingerprint density at radius 2 is 1.65 bits per heavy atom. The molecule has 94 valence electrons. The van der Waals surface area contributed by atoms with E-state index in [-0.39, 0.29) is 0 Å². The van der Waals surface area contributed by atoms with Crippen LogP contribution < -0.4 is 0 Å². The molecule has 0 aliphatic carbocycles. The van der Waals surface area contributed by atoms with Crippen LogP contribution in [0.25, 0.3) is 0 Å². The molecule has 0 aliphatic rings. The van der Waals surface area contributed by atoms with E-state index in [1.54, 1.807) is 0 Å². The summed E-state index contributed by atoms with van der Waals surface area (Å²) in [6, 6.07) is 0.362. The Kier molecular flexibility index (Phi) is 3.04. The van der Waals surface area contributed by atoms with Gasteiger partial charge in [0, 0.05) is 6.20 Å². The smallest absolute Gasteiger partial charge is 0.433 e. The van der Waals surface area contributed by atoms with Crippen LogP contribution >= 0.6 is 0 Å². The van der Waals surface area contributed by atoms with E-state index in [1.807, 2.05) is 0 Å². The van der Waals surface area contributed by atoms with Gasteiger partial charge >= 0.3 is 18.3 Å². The SMILES string of the molecule is O=C(O)c1ccnc(C(F)(F)F)c1C(F)(F)F. The molecule has 9 heteroatoms. The van der Waals surface area contributed by atoms with Gasteiger partial charge in [0.15, 0.2) is 5.69 Å². The zero-order valence-electron chi connectivity index (χ0n) is 7.73. The lowest BCUT2D eigenvalue weighted by Crippen LogP contribution is -2.22. The molecule has 0 fully saturated rings. The maximum Gasteiger partial charge on any atom is 0.433 e. The Morgan fingerprint density at radius 1 is 1.12 bits per heavy atom. The van der Waals surface area contributed by atoms with E-state index in [4.69, 9.17) is 5.11 Å². The number of pyridine rings is 1. The lowest BCUT2D eigenvalue weighted by Gasteiger charge is -2.15. The number of aromatic carboxylic acids is 1. The second-order valence-corrected chi connectivity index (χ2v) is 2.88. The van der Waals surface area contributed by atoms with Crippen molar-refractivity contribution in [3.63, 3.8) is 0 Å². The van der Waals surface area contributed by atoms with Gasteiger partial charge in [-0.2, -0.15) is 26.3 Å². The summed E-state index contributed by atoms with van der Waals surface area (Å²) < 4.78 is 74.0. The van der Waals surface area contributed by atoms with Crippen LogP contribution in [0.4, 0.5) is 26.3 Å². The van der Waals surface area contributed by atoms with E-state index in [9.17, 15) is 31.1 Å². The van der Waals surface area contributed by atoms with Crippen molar-refractivity contribution < 1.29 is 36.2 Å². The second-order valence-electron chi connectivity index (χ2n) is 2.88. The van der Waals surface area contributed by atoms with Gasteiger partial charge in [-0.05, 0) is 6.07 Å². The summed E-state index contributed by atoms with van der Waals surface area (Å²) in [6.45, 7) is 0. The lowest BCUT2D eigenvalue weighted by molar-refractivity contribution is -0.165. The molecule has 1 aromatic heterocycles. The highest BCUT2D eigenvalue weighted by Gasteiger charge is 2.47. The number of hydrogen-bond donors (Lipinski definition) is 1. The molecule has 3 nitrogen and oxygen atoms in total. The Morgan fingerprint density at radius 3 is 2.00 bits per heavy atom. The third-order valence-corrected chi connectivity index (χ3v) is 1.73. The molecular weight excluding hydrogens is 256 g/mol. The fourth-order valence-electron chi connectivity index (χ4n) is 1.14. The summed E-state index contributed by atoms with van der Waals surface area (Å²) in [7, 11) is 0. The highest BCUT2D eigenvalue weighted by Crippen LogP contribution is 2.40. The maximum atomic E-state index is 12.4. The lowest BCUT2D eigenvalue weighted by atomic mass is 10.1. The van der Waals surface area contributed by atoms with E-state index < -0.39 is 35.1 Å². The number of nitrogens with zero attached hydrogens (tertiary/aromatic N) is 1. The summed E-state index contributed by atoms with van der Waals surface area (Å²) in [5.41, 5.74) is -6.04. The largest absolute Gasteiger partial charge is 0.478 e. The zero-order valence-corrected chi connectivity index (χ0v) is 7.73. The van der Waals surface area contributed by atoms with E-state index in [0.29, 0.717) is 12.3 Å². The molecule has 0 bridgehead atoms. The van der Waals surface area contributed by atoms with Crippen LogP contribution in [0, 0.1) is 0 Å². The second kappa shape index (κ2) is 3.90. The minimum atomic E-state index is -5.45. The van der Waals surface area contributed by atoms with Gasteiger partial charge in [0.1, 0.15) is 5.56 Å². The van der Waals surface area contributed by atoms with Crippen LogP contribution in [-0.4, -0.2) is 16.1 Å². The first kappa shape index (κ1) is 13.3. The van der Waals surface area contributed by atoms with Crippen molar-refractivity contribution in [3.05, 3.63) is 29.1 Å². The molecule has 1 heterocycles. The van der Waals surface area contributed by atoms with Gasteiger partial charge < -0.3 is 5.11 Å². The van der Waals surface area contributed by atoms with Gasteiger partial charge in [0.25, 0.3) is 0 Å². The predicted octanol–water partition coefficient (Wildman–Crippen LogP) is 2.82. The van der Waals surface area contributed by atoms with E-state index >= 15 is 0 Å². The van der Waals surface area contributed by atoms with Crippen molar-refractivity contribution in [3.8, 4) is 0 Å². The molecule has 0 aliphatic heterocycles. The number of hydrogen-bond acceptors (Lipinski definition) is 2. The minimum absolute atomic E-state index is 0.362. The molecule has 0 aromatic carbocycles. The molecule has 0 saturated heterocycles. The number of alkyl halides is 6. The third kappa shape index (κ3) is 2.66. The average molecular weight is 259 g/mol. The number of halogens is 6. The summed E-state index contributed by atoms with van der Waals surface area (Å²) in [5, 5.41) is 8.42. The zero-order chi connectivity index (χ0) is 13.4. The highest BCUT2D eigenvalue weighted by atomic mass is 19.4. The number of carbonyl (C=O) groups is 1. The molecule has 1 rings (SSSR count). The molecular formula is C8H3F6NO2.